The van der Waals surface area contributed by atoms with Gasteiger partial charge in [-0.25, -0.2) is 4.98 Å². The lowest BCUT2D eigenvalue weighted by atomic mass is 10.0. The summed E-state index contributed by atoms with van der Waals surface area (Å²) in [5.74, 6) is -0.173. The Balaban J connectivity index is 1.84. The molecule has 0 unspecified atom stereocenters. The molecule has 0 saturated heterocycles. The highest BCUT2D eigenvalue weighted by molar-refractivity contribution is 7.12. The van der Waals surface area contributed by atoms with Gasteiger partial charge in [0.05, 0.1) is 5.69 Å². The van der Waals surface area contributed by atoms with Gasteiger partial charge in [0.2, 0.25) is 0 Å². The monoisotopic (exact) mass is 308 g/mol. The van der Waals surface area contributed by atoms with Crippen LogP contribution in [0.3, 0.4) is 0 Å². The third kappa shape index (κ3) is 3.07. The van der Waals surface area contributed by atoms with E-state index in [1.807, 2.05) is 35.7 Å². The Morgan fingerprint density at radius 1 is 1.09 bits per heavy atom. The van der Waals surface area contributed by atoms with Crippen LogP contribution in [0.4, 0.5) is 5.69 Å². The second-order valence-corrected chi connectivity index (χ2v) is 6.03. The number of aromatic nitrogens is 1. The molecule has 1 amide bonds. The molecular weight excluding hydrogens is 292 g/mol. The van der Waals surface area contributed by atoms with Gasteiger partial charge in [-0.05, 0) is 37.6 Å². The highest BCUT2D eigenvalue weighted by Crippen LogP contribution is 2.26. The fourth-order valence-corrected chi connectivity index (χ4v) is 2.93. The molecule has 0 aliphatic carbocycles. The van der Waals surface area contributed by atoms with Gasteiger partial charge in [-0.2, -0.15) is 0 Å². The van der Waals surface area contributed by atoms with Gasteiger partial charge in [0.1, 0.15) is 0 Å². The van der Waals surface area contributed by atoms with Crippen molar-refractivity contribution >= 4 is 22.9 Å². The van der Waals surface area contributed by atoms with E-state index in [1.54, 1.807) is 0 Å². The molecule has 0 radical (unpaired) electrons. The minimum atomic E-state index is -0.173. The Hall–Kier alpha value is -2.46. The zero-order valence-corrected chi connectivity index (χ0v) is 13.3. The molecule has 22 heavy (non-hydrogen) atoms. The number of nitrogens with one attached hydrogen (secondary N) is 1. The second kappa shape index (κ2) is 6.12. The van der Waals surface area contributed by atoms with Crippen LogP contribution < -0.4 is 5.32 Å². The molecule has 110 valence electrons. The standard InChI is InChI=1S/C18H16N2OS/c1-12-8-9-13(2)15(10-12)16-11-22-18(20-16)17(21)19-14-6-4-3-5-7-14/h3-11H,1-2H3,(H,19,21). The summed E-state index contributed by atoms with van der Waals surface area (Å²) in [7, 11) is 0. The maximum atomic E-state index is 12.2. The summed E-state index contributed by atoms with van der Waals surface area (Å²) in [6, 6.07) is 15.7. The van der Waals surface area contributed by atoms with Crippen molar-refractivity contribution in [2.45, 2.75) is 13.8 Å². The molecule has 0 spiro atoms. The number of thiazole rings is 1. The van der Waals surface area contributed by atoms with Crippen LogP contribution in [0.15, 0.2) is 53.9 Å². The van der Waals surface area contributed by atoms with Crippen molar-refractivity contribution in [1.29, 1.82) is 0 Å². The molecule has 1 heterocycles. The van der Waals surface area contributed by atoms with Crippen LogP contribution in [0.25, 0.3) is 11.3 Å². The number of aryl methyl sites for hydroxylation is 2. The number of hydrogen-bond acceptors (Lipinski definition) is 3. The molecule has 0 fully saturated rings. The third-order valence-electron chi connectivity index (χ3n) is 3.40. The summed E-state index contributed by atoms with van der Waals surface area (Å²) in [5, 5.41) is 5.26. The molecule has 0 aliphatic rings. The minimum absolute atomic E-state index is 0.173. The van der Waals surface area contributed by atoms with Gasteiger partial charge in [-0.15, -0.1) is 11.3 Å². The van der Waals surface area contributed by atoms with Crippen LogP contribution in [-0.4, -0.2) is 10.9 Å². The SMILES string of the molecule is Cc1ccc(C)c(-c2csc(C(=O)Nc3ccccc3)n2)c1. The first kappa shape index (κ1) is 14.5. The Morgan fingerprint density at radius 3 is 2.64 bits per heavy atom. The first-order valence-electron chi connectivity index (χ1n) is 7.03. The molecule has 2 aromatic carbocycles. The maximum absolute atomic E-state index is 12.2. The summed E-state index contributed by atoms with van der Waals surface area (Å²) in [5.41, 5.74) is 5.05. The van der Waals surface area contributed by atoms with Crippen molar-refractivity contribution in [3.05, 3.63) is 70.0 Å². The summed E-state index contributed by atoms with van der Waals surface area (Å²) < 4.78 is 0. The number of amides is 1. The van der Waals surface area contributed by atoms with E-state index in [0.29, 0.717) is 5.01 Å². The van der Waals surface area contributed by atoms with Gasteiger partial charge in [-0.1, -0.05) is 35.9 Å². The Bertz CT molecular complexity index is 809. The topological polar surface area (TPSA) is 42.0 Å². The predicted octanol–water partition coefficient (Wildman–Crippen LogP) is 4.68. The molecule has 0 aliphatic heterocycles. The number of nitrogens with zero attached hydrogens (tertiary/aromatic N) is 1. The van der Waals surface area contributed by atoms with Crippen LogP contribution in [0.5, 0.6) is 0 Å². The molecular formula is C18H16N2OS. The smallest absolute Gasteiger partial charge is 0.284 e. The first-order valence-corrected chi connectivity index (χ1v) is 7.91. The molecule has 3 nitrogen and oxygen atoms in total. The molecule has 1 N–H and O–H groups in total. The molecule has 0 bridgehead atoms. The number of rotatable bonds is 3. The molecule has 0 saturated carbocycles. The fourth-order valence-electron chi connectivity index (χ4n) is 2.22. The number of anilines is 1. The van der Waals surface area contributed by atoms with E-state index >= 15 is 0 Å². The van der Waals surface area contributed by atoms with E-state index in [9.17, 15) is 4.79 Å². The van der Waals surface area contributed by atoms with E-state index < -0.39 is 0 Å². The maximum Gasteiger partial charge on any atom is 0.284 e. The van der Waals surface area contributed by atoms with Crippen molar-refractivity contribution in [2.24, 2.45) is 0 Å². The van der Waals surface area contributed by atoms with Crippen LogP contribution >= 0.6 is 11.3 Å². The number of carbonyl (C=O) groups is 1. The first-order chi connectivity index (χ1) is 10.6. The van der Waals surface area contributed by atoms with E-state index in [4.69, 9.17) is 0 Å². The molecule has 3 rings (SSSR count). The Labute approximate surface area is 133 Å². The number of hydrogen-bond donors (Lipinski definition) is 1. The molecule has 0 atom stereocenters. The lowest BCUT2D eigenvalue weighted by Gasteiger charge is -2.04. The minimum Gasteiger partial charge on any atom is -0.320 e. The zero-order chi connectivity index (χ0) is 15.5. The van der Waals surface area contributed by atoms with Gasteiger partial charge in [0.25, 0.3) is 5.91 Å². The van der Waals surface area contributed by atoms with Crippen LogP contribution in [0.1, 0.15) is 20.9 Å². The molecule has 3 aromatic rings. The summed E-state index contributed by atoms with van der Waals surface area (Å²) in [6.45, 7) is 4.11. The fraction of sp³-hybridized carbons (Fsp3) is 0.111. The summed E-state index contributed by atoms with van der Waals surface area (Å²) in [6.07, 6.45) is 0. The van der Waals surface area contributed by atoms with Gasteiger partial charge < -0.3 is 5.32 Å². The predicted molar refractivity (Wildman–Crippen MR) is 91.4 cm³/mol. The normalized spacial score (nSPS) is 10.5. The largest absolute Gasteiger partial charge is 0.320 e. The number of carbonyl (C=O) groups excluding carboxylic acids is 1. The number of para-hydroxylation sites is 1. The van der Waals surface area contributed by atoms with Gasteiger partial charge in [0.15, 0.2) is 5.01 Å². The quantitative estimate of drug-likeness (QED) is 0.763. The van der Waals surface area contributed by atoms with Gasteiger partial charge in [-0.3, -0.25) is 4.79 Å². The lowest BCUT2D eigenvalue weighted by Crippen LogP contribution is -2.11. The van der Waals surface area contributed by atoms with Crippen molar-refractivity contribution < 1.29 is 4.79 Å². The molecule has 1 aromatic heterocycles. The Kier molecular flexibility index (Phi) is 4.02. The lowest BCUT2D eigenvalue weighted by molar-refractivity contribution is 0.102. The van der Waals surface area contributed by atoms with Crippen molar-refractivity contribution in [1.82, 2.24) is 4.98 Å². The second-order valence-electron chi connectivity index (χ2n) is 5.18. The van der Waals surface area contributed by atoms with Gasteiger partial charge >= 0.3 is 0 Å². The average Bonchev–Trinajstić information content (AvgIpc) is 3.00. The van der Waals surface area contributed by atoms with Crippen LogP contribution in [0.2, 0.25) is 0 Å². The number of benzene rings is 2. The summed E-state index contributed by atoms with van der Waals surface area (Å²) >= 11 is 1.36. The zero-order valence-electron chi connectivity index (χ0n) is 12.5. The van der Waals surface area contributed by atoms with E-state index in [2.05, 4.69) is 42.3 Å². The average molecular weight is 308 g/mol. The van der Waals surface area contributed by atoms with Crippen LogP contribution in [-0.2, 0) is 0 Å². The van der Waals surface area contributed by atoms with Crippen molar-refractivity contribution in [3.63, 3.8) is 0 Å². The van der Waals surface area contributed by atoms with Gasteiger partial charge in [0, 0.05) is 16.6 Å². The molecule has 4 heteroatoms. The van der Waals surface area contributed by atoms with Crippen molar-refractivity contribution in [3.8, 4) is 11.3 Å². The van der Waals surface area contributed by atoms with E-state index in [0.717, 1.165) is 22.5 Å². The van der Waals surface area contributed by atoms with Crippen molar-refractivity contribution in [2.75, 3.05) is 5.32 Å². The highest BCUT2D eigenvalue weighted by Gasteiger charge is 2.13. The van der Waals surface area contributed by atoms with E-state index in [1.165, 1.54) is 16.9 Å². The van der Waals surface area contributed by atoms with E-state index in [-0.39, 0.29) is 5.91 Å². The summed E-state index contributed by atoms with van der Waals surface area (Å²) in [4.78, 5) is 16.7. The van der Waals surface area contributed by atoms with Crippen LogP contribution in [0, 0.1) is 13.8 Å². The third-order valence-corrected chi connectivity index (χ3v) is 4.24. The highest BCUT2D eigenvalue weighted by atomic mass is 32.1. The Morgan fingerprint density at radius 2 is 1.86 bits per heavy atom.